The first-order chi connectivity index (χ1) is 3.65. The van der Waals surface area contributed by atoms with Gasteiger partial charge in [-0.15, -0.1) is 10.1 Å². The zero-order chi connectivity index (χ0) is 6.99. The standard InChI is InChI=1S/C4H10.HNO3.H3N/c1-3-4-2;2-1(3)4;/h3-4H2,1-2H3;(H,2,3,4);1H3. The van der Waals surface area contributed by atoms with Crippen molar-refractivity contribution in [2.45, 2.75) is 26.7 Å². The van der Waals surface area contributed by atoms with E-state index >= 15 is 0 Å². The molecule has 0 unspecified atom stereocenters. The summed E-state index contributed by atoms with van der Waals surface area (Å²) in [6.07, 6.45) is 2.64. The summed E-state index contributed by atoms with van der Waals surface area (Å²) in [6.45, 7) is 4.36. The van der Waals surface area contributed by atoms with E-state index in [-0.39, 0.29) is 6.15 Å². The molecule has 58 valence electrons. The Morgan fingerprint density at radius 1 is 1.44 bits per heavy atom. The van der Waals surface area contributed by atoms with Gasteiger partial charge in [0.25, 0.3) is 5.09 Å². The molecule has 0 bridgehead atoms. The number of rotatable bonds is 1. The quantitative estimate of drug-likeness (QED) is 0.424. The van der Waals surface area contributed by atoms with Gasteiger partial charge < -0.3 is 11.4 Å². The number of hydrogen-bond donors (Lipinski definition) is 2. The lowest BCUT2D eigenvalue weighted by Crippen LogP contribution is -1.81. The second-order valence-corrected chi connectivity index (χ2v) is 1.24. The first-order valence-electron chi connectivity index (χ1n) is 2.48. The highest BCUT2D eigenvalue weighted by Crippen LogP contribution is 1.76. The van der Waals surface area contributed by atoms with Crippen molar-refractivity contribution in [1.82, 2.24) is 6.15 Å². The van der Waals surface area contributed by atoms with E-state index in [9.17, 15) is 0 Å². The van der Waals surface area contributed by atoms with Crippen LogP contribution in [-0.4, -0.2) is 10.3 Å². The average molecular weight is 138 g/mol. The molecule has 4 N–H and O–H groups in total. The largest absolute Gasteiger partial charge is 0.344 e. The lowest BCUT2D eigenvalue weighted by atomic mass is 10.4. The van der Waals surface area contributed by atoms with Gasteiger partial charge in [-0.05, 0) is 0 Å². The Balaban J connectivity index is -0.0000000720. The second kappa shape index (κ2) is 15.7. The third-order valence-electron chi connectivity index (χ3n) is 0.500. The molecule has 0 heterocycles. The highest BCUT2D eigenvalue weighted by molar-refractivity contribution is 4.12. The van der Waals surface area contributed by atoms with Gasteiger partial charge in [-0.1, -0.05) is 26.7 Å². The molecule has 5 nitrogen and oxygen atoms in total. The normalized spacial score (nSPS) is 6.00. The molecule has 0 aromatic rings. The molecule has 0 spiro atoms. The average Bonchev–Trinajstić information content (AvgIpc) is 1.65. The van der Waals surface area contributed by atoms with E-state index in [4.69, 9.17) is 15.3 Å². The van der Waals surface area contributed by atoms with Crippen LogP contribution in [0.5, 0.6) is 0 Å². The fourth-order valence-corrected chi connectivity index (χ4v) is 0. The minimum atomic E-state index is -1.50. The smallest absolute Gasteiger partial charge is 0.291 e. The van der Waals surface area contributed by atoms with Crippen molar-refractivity contribution in [2.75, 3.05) is 0 Å². The van der Waals surface area contributed by atoms with Crippen molar-refractivity contribution in [3.63, 3.8) is 0 Å². The second-order valence-electron chi connectivity index (χ2n) is 1.24. The van der Waals surface area contributed by atoms with Gasteiger partial charge in [0.15, 0.2) is 0 Å². The molecule has 0 aromatic heterocycles. The summed E-state index contributed by atoms with van der Waals surface area (Å²) in [4.78, 5) is 8.36. The van der Waals surface area contributed by atoms with E-state index < -0.39 is 5.09 Å². The predicted octanol–water partition coefficient (Wildman–Crippen LogP) is 1.62. The Bertz CT molecular complexity index is 51.8. The van der Waals surface area contributed by atoms with E-state index in [2.05, 4.69) is 13.8 Å². The molecular formula is C4H14N2O3. The van der Waals surface area contributed by atoms with E-state index in [0.29, 0.717) is 0 Å². The summed E-state index contributed by atoms with van der Waals surface area (Å²) in [5, 5.41) is 13.6. The molecule has 0 aliphatic carbocycles. The van der Waals surface area contributed by atoms with Crippen LogP contribution in [0.3, 0.4) is 0 Å². The van der Waals surface area contributed by atoms with Gasteiger partial charge in [0.1, 0.15) is 0 Å². The zero-order valence-electron chi connectivity index (χ0n) is 5.83. The first-order valence-corrected chi connectivity index (χ1v) is 2.48. The highest BCUT2D eigenvalue weighted by atomic mass is 16.9. The minimum absolute atomic E-state index is 0. The van der Waals surface area contributed by atoms with Gasteiger partial charge in [0.2, 0.25) is 0 Å². The Morgan fingerprint density at radius 3 is 1.56 bits per heavy atom. The van der Waals surface area contributed by atoms with E-state index in [1.54, 1.807) is 0 Å². The van der Waals surface area contributed by atoms with Crippen LogP contribution in [0.2, 0.25) is 0 Å². The van der Waals surface area contributed by atoms with Gasteiger partial charge in [-0.2, -0.15) is 0 Å². The van der Waals surface area contributed by atoms with Crippen molar-refractivity contribution in [1.29, 1.82) is 0 Å². The number of hydrogen-bond acceptors (Lipinski definition) is 3. The first kappa shape index (κ1) is 15.7. The summed E-state index contributed by atoms with van der Waals surface area (Å²) in [5.41, 5.74) is 0. The summed E-state index contributed by atoms with van der Waals surface area (Å²) < 4.78 is 0. The third-order valence-corrected chi connectivity index (χ3v) is 0.500. The van der Waals surface area contributed by atoms with E-state index in [1.165, 1.54) is 12.8 Å². The van der Waals surface area contributed by atoms with Crippen LogP contribution < -0.4 is 6.15 Å². The van der Waals surface area contributed by atoms with Crippen molar-refractivity contribution in [3.8, 4) is 0 Å². The molecular weight excluding hydrogens is 124 g/mol. The third kappa shape index (κ3) is 7450. The monoisotopic (exact) mass is 138 g/mol. The van der Waals surface area contributed by atoms with Crippen LogP contribution in [-0.2, 0) is 0 Å². The van der Waals surface area contributed by atoms with Gasteiger partial charge in [0, 0.05) is 0 Å². The van der Waals surface area contributed by atoms with Crippen molar-refractivity contribution in [3.05, 3.63) is 10.1 Å². The topological polar surface area (TPSA) is 98.4 Å². The molecule has 5 heteroatoms. The summed E-state index contributed by atoms with van der Waals surface area (Å²) in [7, 11) is 0. The Morgan fingerprint density at radius 2 is 1.56 bits per heavy atom. The predicted molar refractivity (Wildman–Crippen MR) is 34.4 cm³/mol. The number of nitrogens with zero attached hydrogens (tertiary/aromatic N) is 1. The van der Waals surface area contributed by atoms with E-state index in [1.807, 2.05) is 0 Å². The molecule has 0 aliphatic heterocycles. The minimum Gasteiger partial charge on any atom is -0.344 e. The van der Waals surface area contributed by atoms with Crippen LogP contribution in [0, 0.1) is 10.1 Å². The zero-order valence-corrected chi connectivity index (χ0v) is 5.83. The Kier molecular flexibility index (Phi) is 27.4. The highest BCUT2D eigenvalue weighted by Gasteiger charge is 1.65. The Labute approximate surface area is 54.4 Å². The van der Waals surface area contributed by atoms with Gasteiger partial charge in [-0.3, -0.25) is 0 Å². The van der Waals surface area contributed by atoms with Gasteiger partial charge in [0.05, 0.1) is 0 Å². The molecule has 0 aromatic carbocycles. The van der Waals surface area contributed by atoms with Crippen LogP contribution >= 0.6 is 0 Å². The van der Waals surface area contributed by atoms with Crippen LogP contribution in [0.15, 0.2) is 0 Å². The van der Waals surface area contributed by atoms with Crippen molar-refractivity contribution in [2.24, 2.45) is 0 Å². The molecule has 9 heavy (non-hydrogen) atoms. The molecule has 0 rings (SSSR count). The van der Waals surface area contributed by atoms with Crippen molar-refractivity contribution < 1.29 is 10.3 Å². The SMILES string of the molecule is CCCC.N.O=[N+]([O-])O. The van der Waals surface area contributed by atoms with Crippen molar-refractivity contribution >= 4 is 0 Å². The molecule has 0 saturated heterocycles. The molecule has 0 fully saturated rings. The lowest BCUT2D eigenvalue weighted by molar-refractivity contribution is -0.742. The van der Waals surface area contributed by atoms with E-state index in [0.717, 1.165) is 0 Å². The molecule has 0 aliphatic rings. The molecule has 0 radical (unpaired) electrons. The molecule has 0 amide bonds. The number of unbranched alkanes of at least 4 members (excludes halogenated alkanes) is 1. The Hall–Kier alpha value is -0.840. The fourth-order valence-electron chi connectivity index (χ4n) is 0. The van der Waals surface area contributed by atoms with Gasteiger partial charge in [-0.25, -0.2) is 0 Å². The fraction of sp³-hybridized carbons (Fsp3) is 1.00. The maximum atomic E-state index is 8.36. The maximum Gasteiger partial charge on any atom is 0.291 e. The summed E-state index contributed by atoms with van der Waals surface area (Å²) in [6, 6.07) is 0. The van der Waals surface area contributed by atoms with Crippen LogP contribution in [0.25, 0.3) is 0 Å². The molecule has 0 saturated carbocycles. The van der Waals surface area contributed by atoms with Crippen LogP contribution in [0.1, 0.15) is 26.7 Å². The van der Waals surface area contributed by atoms with Crippen LogP contribution in [0.4, 0.5) is 0 Å². The summed E-state index contributed by atoms with van der Waals surface area (Å²) >= 11 is 0. The lowest BCUT2D eigenvalue weighted by Gasteiger charge is -1.68. The maximum absolute atomic E-state index is 8.36. The van der Waals surface area contributed by atoms with Gasteiger partial charge >= 0.3 is 0 Å². The molecule has 0 atom stereocenters. The summed E-state index contributed by atoms with van der Waals surface area (Å²) in [5.74, 6) is 0.